The van der Waals surface area contributed by atoms with Crippen LogP contribution in [0.2, 0.25) is 0 Å². The van der Waals surface area contributed by atoms with Gasteiger partial charge in [0.1, 0.15) is 11.9 Å². The Bertz CT molecular complexity index is 744. The standard InChI is InChI=1S/C22H28N4O/c23-22(24-15-20-14-18-8-4-5-9-21(18)27-20)25-19-10-12-26(13-11-19)16-17-6-2-1-3-7-17/h1-9,19-20H,10-16H2,(H3,23,24,25). The van der Waals surface area contributed by atoms with Gasteiger partial charge in [-0.05, 0) is 30.0 Å². The predicted molar refractivity (Wildman–Crippen MR) is 109 cm³/mol. The molecule has 4 rings (SSSR count). The maximum Gasteiger partial charge on any atom is 0.188 e. The fourth-order valence-electron chi connectivity index (χ4n) is 3.89. The fraction of sp³-hybridized carbons (Fsp3) is 0.409. The summed E-state index contributed by atoms with van der Waals surface area (Å²) in [7, 11) is 0. The maximum absolute atomic E-state index is 6.12. The molecule has 2 aliphatic heterocycles. The lowest BCUT2D eigenvalue weighted by Gasteiger charge is -2.32. The molecule has 3 N–H and O–H groups in total. The first-order chi connectivity index (χ1) is 13.3. The molecular formula is C22H28N4O. The van der Waals surface area contributed by atoms with E-state index in [1.807, 2.05) is 18.2 Å². The normalized spacial score (nSPS) is 20.9. The number of fused-ring (bicyclic) bond motifs is 1. The minimum absolute atomic E-state index is 0.0930. The van der Waals surface area contributed by atoms with Gasteiger partial charge < -0.3 is 15.8 Å². The Hall–Kier alpha value is -2.53. The average Bonchev–Trinajstić information content (AvgIpc) is 3.12. The number of hydrogen-bond acceptors (Lipinski definition) is 3. The molecular weight excluding hydrogens is 336 g/mol. The third kappa shape index (κ3) is 4.80. The molecule has 0 bridgehead atoms. The highest BCUT2D eigenvalue weighted by Crippen LogP contribution is 2.28. The number of nitrogens with two attached hydrogens (primary N) is 1. The van der Waals surface area contributed by atoms with Gasteiger partial charge in [-0.2, -0.15) is 0 Å². The highest BCUT2D eigenvalue weighted by Gasteiger charge is 2.23. The smallest absolute Gasteiger partial charge is 0.188 e. The lowest BCUT2D eigenvalue weighted by Crippen LogP contribution is -2.47. The summed E-state index contributed by atoms with van der Waals surface area (Å²) in [6.45, 7) is 3.79. The van der Waals surface area contributed by atoms with Crippen LogP contribution in [0.4, 0.5) is 0 Å². The summed E-state index contributed by atoms with van der Waals surface area (Å²) >= 11 is 0. The molecule has 5 nitrogen and oxygen atoms in total. The molecule has 2 heterocycles. The Morgan fingerprint density at radius 2 is 1.81 bits per heavy atom. The van der Waals surface area contributed by atoms with E-state index < -0.39 is 0 Å². The second kappa shape index (κ2) is 8.44. The lowest BCUT2D eigenvalue weighted by atomic mass is 10.0. The third-order valence-electron chi connectivity index (χ3n) is 5.37. The molecule has 0 aliphatic carbocycles. The Morgan fingerprint density at radius 3 is 2.59 bits per heavy atom. The zero-order chi connectivity index (χ0) is 18.5. The SMILES string of the molecule is NC(=NCC1Cc2ccccc2O1)NC1CCN(Cc2ccccc2)CC1. The second-order valence-corrected chi connectivity index (χ2v) is 7.46. The molecule has 1 atom stereocenters. The highest BCUT2D eigenvalue weighted by molar-refractivity contribution is 5.78. The predicted octanol–water partition coefficient (Wildman–Crippen LogP) is 2.56. The molecule has 0 radical (unpaired) electrons. The molecule has 27 heavy (non-hydrogen) atoms. The minimum Gasteiger partial charge on any atom is -0.488 e. The number of nitrogens with zero attached hydrogens (tertiary/aromatic N) is 2. The first-order valence-electron chi connectivity index (χ1n) is 9.83. The van der Waals surface area contributed by atoms with Crippen molar-refractivity contribution < 1.29 is 4.74 Å². The van der Waals surface area contributed by atoms with Crippen LogP contribution in [0.3, 0.4) is 0 Å². The topological polar surface area (TPSA) is 62.9 Å². The Labute approximate surface area is 161 Å². The van der Waals surface area contributed by atoms with E-state index in [1.54, 1.807) is 0 Å². The molecule has 2 aromatic carbocycles. The van der Waals surface area contributed by atoms with Crippen molar-refractivity contribution >= 4 is 5.96 Å². The van der Waals surface area contributed by atoms with Crippen LogP contribution >= 0.6 is 0 Å². The van der Waals surface area contributed by atoms with Gasteiger partial charge in [-0.15, -0.1) is 0 Å². The van der Waals surface area contributed by atoms with Crippen LogP contribution in [0.1, 0.15) is 24.0 Å². The van der Waals surface area contributed by atoms with Gasteiger partial charge in [-0.1, -0.05) is 48.5 Å². The number of ether oxygens (including phenoxy) is 1. The summed E-state index contributed by atoms with van der Waals surface area (Å²) in [5.41, 5.74) is 8.75. The number of guanidine groups is 1. The van der Waals surface area contributed by atoms with Crippen molar-refractivity contribution in [2.24, 2.45) is 10.7 Å². The number of para-hydroxylation sites is 1. The molecule has 0 amide bonds. The van der Waals surface area contributed by atoms with Crippen molar-refractivity contribution in [1.29, 1.82) is 0 Å². The van der Waals surface area contributed by atoms with Gasteiger partial charge in [-0.25, -0.2) is 4.99 Å². The van der Waals surface area contributed by atoms with Crippen molar-refractivity contribution in [2.45, 2.75) is 38.0 Å². The quantitative estimate of drug-likeness (QED) is 0.632. The van der Waals surface area contributed by atoms with Crippen molar-refractivity contribution in [1.82, 2.24) is 10.2 Å². The van der Waals surface area contributed by atoms with Crippen LogP contribution in [0.25, 0.3) is 0 Å². The van der Waals surface area contributed by atoms with Crippen molar-refractivity contribution in [3.63, 3.8) is 0 Å². The van der Waals surface area contributed by atoms with Gasteiger partial charge in [0.25, 0.3) is 0 Å². The molecule has 1 fully saturated rings. The molecule has 2 aromatic rings. The summed E-state index contributed by atoms with van der Waals surface area (Å²) in [6.07, 6.45) is 3.18. The lowest BCUT2D eigenvalue weighted by molar-refractivity contribution is 0.198. The third-order valence-corrected chi connectivity index (χ3v) is 5.37. The van der Waals surface area contributed by atoms with Crippen molar-refractivity contribution in [3.05, 3.63) is 65.7 Å². The molecule has 1 saturated heterocycles. The Morgan fingerprint density at radius 1 is 1.07 bits per heavy atom. The molecule has 142 valence electrons. The summed E-state index contributed by atoms with van der Waals surface area (Å²) < 4.78 is 5.92. The van der Waals surface area contributed by atoms with Crippen LogP contribution < -0.4 is 15.8 Å². The van der Waals surface area contributed by atoms with Crippen LogP contribution in [-0.4, -0.2) is 42.6 Å². The van der Waals surface area contributed by atoms with Crippen molar-refractivity contribution in [2.75, 3.05) is 19.6 Å². The maximum atomic E-state index is 6.12. The monoisotopic (exact) mass is 364 g/mol. The van der Waals surface area contributed by atoms with Crippen LogP contribution in [0.15, 0.2) is 59.6 Å². The number of hydrogen-bond donors (Lipinski definition) is 2. The Balaban J connectivity index is 1.19. The summed E-state index contributed by atoms with van der Waals surface area (Å²) in [5.74, 6) is 1.52. The number of rotatable bonds is 5. The first-order valence-corrected chi connectivity index (χ1v) is 9.83. The molecule has 5 heteroatoms. The van der Waals surface area contributed by atoms with Gasteiger partial charge >= 0.3 is 0 Å². The van der Waals surface area contributed by atoms with E-state index in [1.165, 1.54) is 11.1 Å². The summed E-state index contributed by atoms with van der Waals surface area (Å²) in [6, 6.07) is 19.3. The molecule has 0 spiro atoms. The average molecular weight is 364 g/mol. The molecule has 1 unspecified atom stereocenters. The van der Waals surface area contributed by atoms with Crippen LogP contribution in [0, 0.1) is 0 Å². The number of benzene rings is 2. The first kappa shape index (κ1) is 17.9. The van der Waals surface area contributed by atoms with Gasteiger partial charge in [0.05, 0.1) is 6.54 Å². The van der Waals surface area contributed by atoms with Crippen LogP contribution in [-0.2, 0) is 13.0 Å². The Kier molecular flexibility index (Phi) is 5.58. The van der Waals surface area contributed by atoms with E-state index in [0.717, 1.165) is 44.6 Å². The molecule has 2 aliphatic rings. The minimum atomic E-state index is 0.0930. The van der Waals surface area contributed by atoms with E-state index in [2.05, 4.69) is 51.6 Å². The number of piperidine rings is 1. The zero-order valence-corrected chi connectivity index (χ0v) is 15.7. The van der Waals surface area contributed by atoms with E-state index >= 15 is 0 Å². The molecule has 0 saturated carbocycles. The second-order valence-electron chi connectivity index (χ2n) is 7.46. The van der Waals surface area contributed by atoms with Gasteiger partial charge in [-0.3, -0.25) is 4.90 Å². The highest BCUT2D eigenvalue weighted by atomic mass is 16.5. The van der Waals surface area contributed by atoms with E-state index in [-0.39, 0.29) is 6.10 Å². The largest absolute Gasteiger partial charge is 0.488 e. The molecule has 0 aromatic heterocycles. The number of aliphatic imine (C=N–C) groups is 1. The van der Waals surface area contributed by atoms with Crippen molar-refractivity contribution in [3.8, 4) is 5.75 Å². The van der Waals surface area contributed by atoms with Crippen LogP contribution in [0.5, 0.6) is 5.75 Å². The van der Waals surface area contributed by atoms with E-state index in [0.29, 0.717) is 18.5 Å². The number of nitrogens with one attached hydrogen (secondary N) is 1. The number of likely N-dealkylation sites (tertiary alicyclic amines) is 1. The zero-order valence-electron chi connectivity index (χ0n) is 15.7. The summed E-state index contributed by atoms with van der Waals surface area (Å²) in [4.78, 5) is 7.02. The fourth-order valence-corrected chi connectivity index (χ4v) is 3.89. The van der Waals surface area contributed by atoms with Gasteiger partial charge in [0.2, 0.25) is 0 Å². The van der Waals surface area contributed by atoms with Gasteiger partial charge in [0, 0.05) is 32.1 Å². The summed E-state index contributed by atoms with van der Waals surface area (Å²) in [5, 5.41) is 3.39. The van der Waals surface area contributed by atoms with E-state index in [9.17, 15) is 0 Å². The van der Waals surface area contributed by atoms with Gasteiger partial charge in [0.15, 0.2) is 5.96 Å². The van der Waals surface area contributed by atoms with E-state index in [4.69, 9.17) is 10.5 Å².